The molecule has 0 aliphatic heterocycles. The summed E-state index contributed by atoms with van der Waals surface area (Å²) in [5.74, 6) is 0.643. The Bertz CT molecular complexity index is 752. The van der Waals surface area contributed by atoms with E-state index in [1.54, 1.807) is 24.5 Å². The largest absolute Gasteiger partial charge is 0.480 e. The van der Waals surface area contributed by atoms with Gasteiger partial charge >= 0.3 is 0 Å². The first-order valence-corrected chi connectivity index (χ1v) is 7.30. The molecule has 0 unspecified atom stereocenters. The van der Waals surface area contributed by atoms with Crippen LogP contribution in [-0.4, -0.2) is 21.5 Å². The first-order valence-electron chi connectivity index (χ1n) is 6.04. The van der Waals surface area contributed by atoms with Gasteiger partial charge in [0.15, 0.2) is 4.96 Å². The number of imidazole rings is 1. The number of halogens is 1. The molecule has 1 N–H and O–H groups in total. The van der Waals surface area contributed by atoms with Crippen molar-refractivity contribution >= 4 is 33.6 Å². The van der Waals surface area contributed by atoms with E-state index in [1.807, 2.05) is 29.0 Å². The Labute approximate surface area is 125 Å². The Morgan fingerprint density at radius 2 is 2.25 bits per heavy atom. The Morgan fingerprint density at radius 3 is 3.00 bits per heavy atom. The maximum Gasteiger partial charge on any atom is 0.238 e. The molecular formula is C13H13ClN4OS. The van der Waals surface area contributed by atoms with Crippen molar-refractivity contribution in [3.8, 4) is 5.88 Å². The van der Waals surface area contributed by atoms with E-state index >= 15 is 0 Å². The number of aryl methyl sites for hydroxylation is 1. The smallest absolute Gasteiger partial charge is 0.238 e. The molecule has 5 nitrogen and oxygen atoms in total. The van der Waals surface area contributed by atoms with Gasteiger partial charge < -0.3 is 10.1 Å². The summed E-state index contributed by atoms with van der Waals surface area (Å²) in [5.41, 5.74) is 2.79. The van der Waals surface area contributed by atoms with Crippen molar-refractivity contribution in [3.63, 3.8) is 0 Å². The second-order valence-corrected chi connectivity index (χ2v) is 5.50. The molecule has 0 radical (unpaired) electrons. The van der Waals surface area contributed by atoms with Gasteiger partial charge in [0.05, 0.1) is 25.0 Å². The molecule has 0 spiro atoms. The fourth-order valence-corrected chi connectivity index (χ4v) is 2.95. The van der Waals surface area contributed by atoms with Crippen molar-refractivity contribution in [1.82, 2.24) is 14.4 Å². The number of pyridine rings is 1. The maximum atomic E-state index is 5.86. The van der Waals surface area contributed by atoms with Crippen LogP contribution in [0.3, 0.4) is 0 Å². The third-order valence-electron chi connectivity index (χ3n) is 3.02. The molecule has 3 heterocycles. The lowest BCUT2D eigenvalue weighted by Crippen LogP contribution is -2.05. The van der Waals surface area contributed by atoms with Crippen molar-refractivity contribution < 1.29 is 4.74 Å². The summed E-state index contributed by atoms with van der Waals surface area (Å²) in [6, 6.07) is 3.69. The standard InChI is InChI=1S/C13H13ClN4OS/c1-8-9(3-4-11(14)16-8)15-7-10-12(19-2)17-13-18(10)5-6-20-13/h3-6,15H,7H2,1-2H3. The summed E-state index contributed by atoms with van der Waals surface area (Å²) in [4.78, 5) is 9.56. The predicted molar refractivity (Wildman–Crippen MR) is 80.9 cm³/mol. The Morgan fingerprint density at radius 1 is 1.40 bits per heavy atom. The van der Waals surface area contributed by atoms with Gasteiger partial charge in [0.25, 0.3) is 0 Å². The van der Waals surface area contributed by atoms with Gasteiger partial charge in [-0.1, -0.05) is 11.6 Å². The van der Waals surface area contributed by atoms with Crippen molar-refractivity contribution in [3.05, 3.63) is 40.3 Å². The molecular weight excluding hydrogens is 296 g/mol. The number of methoxy groups -OCH3 is 1. The van der Waals surface area contributed by atoms with Crippen LogP contribution in [0.1, 0.15) is 11.4 Å². The van der Waals surface area contributed by atoms with E-state index in [0.29, 0.717) is 17.6 Å². The normalized spacial score (nSPS) is 10.9. The summed E-state index contributed by atoms with van der Waals surface area (Å²) < 4.78 is 7.35. The molecule has 3 rings (SSSR count). The van der Waals surface area contributed by atoms with E-state index in [4.69, 9.17) is 16.3 Å². The van der Waals surface area contributed by atoms with Gasteiger partial charge in [0.2, 0.25) is 5.88 Å². The number of hydrogen-bond donors (Lipinski definition) is 1. The average molecular weight is 309 g/mol. The van der Waals surface area contributed by atoms with Gasteiger partial charge in [0.1, 0.15) is 10.8 Å². The lowest BCUT2D eigenvalue weighted by Gasteiger charge is -2.09. The fourth-order valence-electron chi connectivity index (χ4n) is 2.03. The minimum Gasteiger partial charge on any atom is -0.480 e. The van der Waals surface area contributed by atoms with E-state index in [-0.39, 0.29) is 0 Å². The second-order valence-electron chi connectivity index (χ2n) is 4.24. The SMILES string of the molecule is COc1nc2sccn2c1CNc1ccc(Cl)nc1C. The van der Waals surface area contributed by atoms with Gasteiger partial charge in [-0.15, -0.1) is 11.3 Å². The number of anilines is 1. The summed E-state index contributed by atoms with van der Waals surface area (Å²) >= 11 is 7.43. The molecule has 3 aromatic rings. The highest BCUT2D eigenvalue weighted by Crippen LogP contribution is 2.24. The molecule has 0 amide bonds. The highest BCUT2D eigenvalue weighted by molar-refractivity contribution is 7.15. The van der Waals surface area contributed by atoms with Crippen LogP contribution < -0.4 is 10.1 Å². The molecule has 0 aromatic carbocycles. The lowest BCUT2D eigenvalue weighted by molar-refractivity contribution is 0.395. The van der Waals surface area contributed by atoms with Crippen molar-refractivity contribution in [2.75, 3.05) is 12.4 Å². The fraction of sp³-hybridized carbons (Fsp3) is 0.231. The molecule has 0 aliphatic carbocycles. The van der Waals surface area contributed by atoms with Gasteiger partial charge in [-0.25, -0.2) is 4.98 Å². The molecule has 0 saturated carbocycles. The van der Waals surface area contributed by atoms with Crippen LogP contribution in [0.4, 0.5) is 5.69 Å². The quantitative estimate of drug-likeness (QED) is 0.751. The summed E-state index contributed by atoms with van der Waals surface area (Å²) in [6.07, 6.45) is 1.99. The zero-order chi connectivity index (χ0) is 14.1. The molecule has 0 saturated heterocycles. The van der Waals surface area contributed by atoms with Gasteiger partial charge in [-0.3, -0.25) is 4.40 Å². The number of hydrogen-bond acceptors (Lipinski definition) is 5. The van der Waals surface area contributed by atoms with Gasteiger partial charge in [-0.05, 0) is 19.1 Å². The van der Waals surface area contributed by atoms with Crippen LogP contribution in [0.2, 0.25) is 5.15 Å². The molecule has 3 aromatic heterocycles. The third-order valence-corrected chi connectivity index (χ3v) is 3.98. The Balaban J connectivity index is 1.87. The molecule has 7 heteroatoms. The van der Waals surface area contributed by atoms with Crippen LogP contribution in [0.5, 0.6) is 5.88 Å². The minimum absolute atomic E-state index is 0.496. The highest BCUT2D eigenvalue weighted by atomic mass is 35.5. The van der Waals surface area contributed by atoms with Crippen LogP contribution in [0.25, 0.3) is 4.96 Å². The summed E-state index contributed by atoms with van der Waals surface area (Å²) in [5, 5.41) is 5.84. The predicted octanol–water partition coefficient (Wildman–Crippen LogP) is 3.37. The molecule has 104 valence electrons. The summed E-state index contributed by atoms with van der Waals surface area (Å²) in [7, 11) is 1.63. The van der Waals surface area contributed by atoms with E-state index in [9.17, 15) is 0 Å². The van der Waals surface area contributed by atoms with Crippen molar-refractivity contribution in [2.24, 2.45) is 0 Å². The number of nitrogens with one attached hydrogen (secondary N) is 1. The van der Waals surface area contributed by atoms with Crippen LogP contribution >= 0.6 is 22.9 Å². The molecule has 0 aliphatic rings. The van der Waals surface area contributed by atoms with E-state index in [0.717, 1.165) is 22.0 Å². The number of aromatic nitrogens is 3. The number of nitrogens with zero attached hydrogens (tertiary/aromatic N) is 3. The zero-order valence-electron chi connectivity index (χ0n) is 11.1. The highest BCUT2D eigenvalue weighted by Gasteiger charge is 2.13. The van der Waals surface area contributed by atoms with E-state index in [2.05, 4.69) is 15.3 Å². The van der Waals surface area contributed by atoms with Crippen LogP contribution in [0, 0.1) is 6.92 Å². The number of fused-ring (bicyclic) bond motifs is 1. The third kappa shape index (κ3) is 2.32. The molecule has 20 heavy (non-hydrogen) atoms. The van der Waals surface area contributed by atoms with E-state index < -0.39 is 0 Å². The molecule has 0 bridgehead atoms. The Hall–Kier alpha value is -1.79. The monoisotopic (exact) mass is 308 g/mol. The van der Waals surface area contributed by atoms with Crippen molar-refractivity contribution in [1.29, 1.82) is 0 Å². The van der Waals surface area contributed by atoms with Crippen LogP contribution in [0.15, 0.2) is 23.7 Å². The summed E-state index contributed by atoms with van der Waals surface area (Å²) in [6.45, 7) is 2.52. The minimum atomic E-state index is 0.496. The van der Waals surface area contributed by atoms with Gasteiger partial charge in [0, 0.05) is 11.6 Å². The average Bonchev–Trinajstić information content (AvgIpc) is 2.98. The first-order chi connectivity index (χ1) is 9.69. The van der Waals surface area contributed by atoms with Crippen molar-refractivity contribution in [2.45, 2.75) is 13.5 Å². The maximum absolute atomic E-state index is 5.86. The zero-order valence-corrected chi connectivity index (χ0v) is 12.6. The number of rotatable bonds is 4. The number of ether oxygens (including phenoxy) is 1. The van der Waals surface area contributed by atoms with E-state index in [1.165, 1.54) is 0 Å². The Kier molecular flexibility index (Phi) is 3.50. The first kappa shape index (κ1) is 13.2. The van der Waals surface area contributed by atoms with Gasteiger partial charge in [-0.2, -0.15) is 4.98 Å². The lowest BCUT2D eigenvalue weighted by atomic mass is 10.3. The topological polar surface area (TPSA) is 51.5 Å². The molecule has 0 atom stereocenters. The second kappa shape index (κ2) is 5.30. The van der Waals surface area contributed by atoms with Crippen LogP contribution in [-0.2, 0) is 6.54 Å². The number of thiazole rings is 1. The molecule has 0 fully saturated rings.